The van der Waals surface area contributed by atoms with Gasteiger partial charge in [-0.3, -0.25) is 0 Å². The molecule has 0 radical (unpaired) electrons. The summed E-state index contributed by atoms with van der Waals surface area (Å²) in [5.41, 5.74) is 2.21. The fourth-order valence-electron chi connectivity index (χ4n) is 3.56. The number of rotatable bonds is 7. The Bertz CT molecular complexity index is 640. The topological polar surface area (TPSA) is 27.7 Å². The molecule has 26 heavy (non-hydrogen) atoms. The Balaban J connectivity index is 1.41. The van der Waals surface area contributed by atoms with Crippen molar-refractivity contribution < 1.29 is 4.74 Å². The van der Waals surface area contributed by atoms with Crippen LogP contribution in [0.15, 0.2) is 17.7 Å². The Morgan fingerprint density at radius 2 is 2.00 bits per heavy atom. The number of hydrogen-bond acceptors (Lipinski definition) is 4. The summed E-state index contributed by atoms with van der Waals surface area (Å²) in [6.07, 6.45) is 4.71. The Hall–Kier alpha value is -0.780. The third-order valence-electron chi connectivity index (χ3n) is 5.15. The van der Waals surface area contributed by atoms with Crippen molar-refractivity contribution >= 4 is 29.3 Å². The van der Waals surface area contributed by atoms with E-state index < -0.39 is 0 Å². The molecule has 0 amide bonds. The van der Waals surface area contributed by atoms with Crippen LogP contribution in [0.1, 0.15) is 18.4 Å². The number of hydrogen-bond donors (Lipinski definition) is 1. The second-order valence-corrected chi connectivity index (χ2v) is 8.46. The van der Waals surface area contributed by atoms with Crippen molar-refractivity contribution in [1.82, 2.24) is 15.1 Å². The maximum absolute atomic E-state index is 6.19. The van der Waals surface area contributed by atoms with E-state index in [4.69, 9.17) is 27.9 Å². The summed E-state index contributed by atoms with van der Waals surface area (Å²) >= 11 is 12.3. The van der Waals surface area contributed by atoms with Gasteiger partial charge in [0, 0.05) is 30.2 Å². The third kappa shape index (κ3) is 5.61. The summed E-state index contributed by atoms with van der Waals surface area (Å²) in [6, 6.07) is 3.63. The third-order valence-corrected chi connectivity index (χ3v) is 5.65. The molecule has 1 aromatic carbocycles. The van der Waals surface area contributed by atoms with Crippen LogP contribution in [0.25, 0.3) is 6.08 Å². The van der Waals surface area contributed by atoms with Crippen LogP contribution >= 0.6 is 23.2 Å². The quantitative estimate of drug-likeness (QED) is 0.759. The minimum Gasteiger partial charge on any atom is -0.487 e. The first kappa shape index (κ1) is 20.0. The zero-order valence-electron chi connectivity index (χ0n) is 15.7. The highest BCUT2D eigenvalue weighted by Gasteiger charge is 2.19. The number of ether oxygens (including phenoxy) is 1. The molecule has 1 aromatic rings. The molecule has 1 N–H and O–H groups in total. The molecule has 0 aliphatic carbocycles. The van der Waals surface area contributed by atoms with Crippen LogP contribution in [-0.2, 0) is 0 Å². The Labute approximate surface area is 167 Å². The second kappa shape index (κ2) is 9.43. The van der Waals surface area contributed by atoms with Crippen LogP contribution in [0.5, 0.6) is 5.75 Å². The SMILES string of the molecule is CN(C)CCN1CCC(CNCC2=Cc3cc(Cl)cc(Cl)c3OC2)CC1. The highest BCUT2D eigenvalue weighted by atomic mass is 35.5. The van der Waals surface area contributed by atoms with Gasteiger partial charge in [0.15, 0.2) is 0 Å². The molecule has 0 aromatic heterocycles. The van der Waals surface area contributed by atoms with Gasteiger partial charge in [-0.2, -0.15) is 0 Å². The zero-order chi connectivity index (χ0) is 18.5. The Morgan fingerprint density at radius 3 is 2.73 bits per heavy atom. The molecular weight excluding hydrogens is 369 g/mol. The molecule has 144 valence electrons. The lowest BCUT2D eigenvalue weighted by Gasteiger charge is -2.32. The van der Waals surface area contributed by atoms with Gasteiger partial charge in [0.25, 0.3) is 0 Å². The first-order valence-electron chi connectivity index (χ1n) is 9.40. The molecule has 0 spiro atoms. The Morgan fingerprint density at radius 1 is 1.23 bits per heavy atom. The van der Waals surface area contributed by atoms with Crippen molar-refractivity contribution in [3.63, 3.8) is 0 Å². The molecule has 2 aliphatic heterocycles. The predicted octanol–water partition coefficient (Wildman–Crippen LogP) is 3.63. The summed E-state index contributed by atoms with van der Waals surface area (Å²) in [5.74, 6) is 1.51. The van der Waals surface area contributed by atoms with E-state index in [0.717, 1.165) is 36.9 Å². The standard InChI is InChI=1S/C20H29Cl2N3O/c1-24(2)7-8-25-5-3-15(4-6-25)12-23-13-16-9-17-10-18(21)11-19(22)20(17)26-14-16/h9-11,15,23H,3-8,12-14H2,1-2H3. The van der Waals surface area contributed by atoms with Gasteiger partial charge in [0.1, 0.15) is 12.4 Å². The average molecular weight is 398 g/mol. The van der Waals surface area contributed by atoms with Crippen LogP contribution in [0, 0.1) is 5.92 Å². The van der Waals surface area contributed by atoms with Gasteiger partial charge in [-0.15, -0.1) is 0 Å². The monoisotopic (exact) mass is 397 g/mol. The number of benzene rings is 1. The fraction of sp³-hybridized carbons (Fsp3) is 0.600. The second-order valence-electron chi connectivity index (χ2n) is 7.62. The van der Waals surface area contributed by atoms with Crippen LogP contribution in [0.3, 0.4) is 0 Å². The number of nitrogens with one attached hydrogen (secondary N) is 1. The number of nitrogens with zero attached hydrogens (tertiary/aromatic N) is 2. The number of likely N-dealkylation sites (N-methyl/N-ethyl adjacent to an activating group) is 1. The molecule has 1 fully saturated rings. The molecule has 6 heteroatoms. The van der Waals surface area contributed by atoms with E-state index in [0.29, 0.717) is 16.7 Å². The van der Waals surface area contributed by atoms with Gasteiger partial charge < -0.3 is 19.9 Å². The van der Waals surface area contributed by atoms with E-state index in [2.05, 4.69) is 35.3 Å². The van der Waals surface area contributed by atoms with Gasteiger partial charge in [-0.1, -0.05) is 23.2 Å². The zero-order valence-corrected chi connectivity index (χ0v) is 17.2. The molecule has 4 nitrogen and oxygen atoms in total. The average Bonchev–Trinajstić information content (AvgIpc) is 2.60. The highest BCUT2D eigenvalue weighted by molar-refractivity contribution is 6.36. The van der Waals surface area contributed by atoms with Gasteiger partial charge in [0.05, 0.1) is 5.02 Å². The van der Waals surface area contributed by atoms with Crippen LogP contribution in [0.4, 0.5) is 0 Å². The van der Waals surface area contributed by atoms with Crippen molar-refractivity contribution in [1.29, 1.82) is 0 Å². The smallest absolute Gasteiger partial charge is 0.145 e. The van der Waals surface area contributed by atoms with Crippen molar-refractivity contribution in [2.24, 2.45) is 5.92 Å². The van der Waals surface area contributed by atoms with Gasteiger partial charge in [-0.05, 0) is 76.3 Å². The largest absolute Gasteiger partial charge is 0.487 e. The minimum atomic E-state index is 0.580. The van der Waals surface area contributed by atoms with Gasteiger partial charge in [0.2, 0.25) is 0 Å². The molecule has 0 saturated carbocycles. The summed E-state index contributed by atoms with van der Waals surface area (Å²) < 4.78 is 5.82. The van der Waals surface area contributed by atoms with Crippen LogP contribution in [0.2, 0.25) is 10.0 Å². The number of likely N-dealkylation sites (tertiary alicyclic amines) is 1. The minimum absolute atomic E-state index is 0.580. The lowest BCUT2D eigenvalue weighted by Crippen LogP contribution is -2.40. The number of fused-ring (bicyclic) bond motifs is 1. The maximum atomic E-state index is 6.19. The molecule has 2 heterocycles. The van der Waals surface area contributed by atoms with Crippen LogP contribution in [-0.4, -0.2) is 69.8 Å². The lowest BCUT2D eigenvalue weighted by atomic mass is 9.96. The van der Waals surface area contributed by atoms with E-state index in [9.17, 15) is 0 Å². The van der Waals surface area contributed by atoms with E-state index in [1.165, 1.54) is 38.0 Å². The summed E-state index contributed by atoms with van der Waals surface area (Å²) in [4.78, 5) is 4.84. The molecule has 0 atom stereocenters. The van der Waals surface area contributed by atoms with Crippen molar-refractivity contribution in [3.8, 4) is 5.75 Å². The van der Waals surface area contributed by atoms with E-state index >= 15 is 0 Å². The molecule has 0 unspecified atom stereocenters. The molecule has 3 rings (SSSR count). The predicted molar refractivity (Wildman–Crippen MR) is 111 cm³/mol. The molecule has 0 bridgehead atoms. The number of piperidine rings is 1. The first-order valence-corrected chi connectivity index (χ1v) is 10.2. The van der Waals surface area contributed by atoms with Crippen molar-refractivity contribution in [3.05, 3.63) is 33.3 Å². The van der Waals surface area contributed by atoms with Crippen molar-refractivity contribution in [2.75, 3.05) is 60.0 Å². The summed E-state index contributed by atoms with van der Waals surface area (Å²) in [5, 5.41) is 4.83. The fourth-order valence-corrected chi connectivity index (χ4v) is 4.12. The van der Waals surface area contributed by atoms with Crippen LogP contribution < -0.4 is 10.1 Å². The molecule has 2 aliphatic rings. The normalized spacial score (nSPS) is 18.6. The first-order chi connectivity index (χ1) is 12.5. The maximum Gasteiger partial charge on any atom is 0.145 e. The molecular formula is C20H29Cl2N3O. The number of halogens is 2. The molecule has 1 saturated heterocycles. The van der Waals surface area contributed by atoms with E-state index in [1.807, 2.05) is 6.07 Å². The Kier molecular flexibility index (Phi) is 7.24. The lowest BCUT2D eigenvalue weighted by molar-refractivity contribution is 0.169. The highest BCUT2D eigenvalue weighted by Crippen LogP contribution is 2.36. The van der Waals surface area contributed by atoms with E-state index in [-0.39, 0.29) is 0 Å². The van der Waals surface area contributed by atoms with Crippen molar-refractivity contribution in [2.45, 2.75) is 12.8 Å². The van der Waals surface area contributed by atoms with Gasteiger partial charge in [-0.25, -0.2) is 0 Å². The summed E-state index contributed by atoms with van der Waals surface area (Å²) in [6.45, 7) is 7.28. The summed E-state index contributed by atoms with van der Waals surface area (Å²) in [7, 11) is 4.28. The van der Waals surface area contributed by atoms with E-state index in [1.54, 1.807) is 6.07 Å². The van der Waals surface area contributed by atoms with Gasteiger partial charge >= 0.3 is 0 Å².